The highest BCUT2D eigenvalue weighted by Gasteiger charge is 2.28. The van der Waals surface area contributed by atoms with E-state index in [2.05, 4.69) is 4.90 Å². The predicted octanol–water partition coefficient (Wildman–Crippen LogP) is 3.84. The number of Topliss-reactive ketones (excluding diaryl/α,β-unsaturated/α-hetero) is 1. The van der Waals surface area contributed by atoms with E-state index in [9.17, 15) is 14.0 Å². The van der Waals surface area contributed by atoms with Crippen LogP contribution in [0.2, 0.25) is 0 Å². The summed E-state index contributed by atoms with van der Waals surface area (Å²) < 4.78 is 13.0. The van der Waals surface area contributed by atoms with Crippen molar-refractivity contribution in [2.24, 2.45) is 5.92 Å². The second-order valence-electron chi connectivity index (χ2n) is 7.81. The number of nitrogens with zero attached hydrogens (tertiary/aromatic N) is 2. The maximum Gasteiger partial charge on any atom is 0.254 e. The van der Waals surface area contributed by atoms with E-state index in [1.807, 2.05) is 29.2 Å². The van der Waals surface area contributed by atoms with Gasteiger partial charge in [0, 0.05) is 24.2 Å². The summed E-state index contributed by atoms with van der Waals surface area (Å²) in [4.78, 5) is 29.2. The lowest BCUT2D eigenvalue weighted by molar-refractivity contribution is 0.0669. The molecule has 4 nitrogen and oxygen atoms in total. The summed E-state index contributed by atoms with van der Waals surface area (Å²) in [5.41, 5.74) is 2.55. The summed E-state index contributed by atoms with van der Waals surface area (Å²) in [6, 6.07) is 13.6. The van der Waals surface area contributed by atoms with Gasteiger partial charge < -0.3 is 4.90 Å². The Morgan fingerprint density at radius 2 is 1.69 bits per heavy atom. The van der Waals surface area contributed by atoms with Crippen molar-refractivity contribution in [3.8, 4) is 0 Å². The van der Waals surface area contributed by atoms with E-state index >= 15 is 0 Å². The quantitative estimate of drug-likeness (QED) is 0.695. The number of rotatable bonds is 5. The summed E-state index contributed by atoms with van der Waals surface area (Å²) in [7, 11) is 0. The van der Waals surface area contributed by atoms with E-state index in [0.717, 1.165) is 56.6 Å². The van der Waals surface area contributed by atoms with Gasteiger partial charge in [0.2, 0.25) is 0 Å². The summed E-state index contributed by atoms with van der Waals surface area (Å²) in [6.45, 7) is 3.67. The highest BCUT2D eigenvalue weighted by molar-refractivity contribution is 5.97. The van der Waals surface area contributed by atoms with Crippen LogP contribution in [0.4, 0.5) is 4.39 Å². The number of ketones is 1. The van der Waals surface area contributed by atoms with E-state index in [1.165, 1.54) is 12.1 Å². The predicted molar refractivity (Wildman–Crippen MR) is 113 cm³/mol. The molecule has 154 valence electrons. The molecule has 0 aliphatic carbocycles. The number of hydrogen-bond donors (Lipinski definition) is 0. The lowest BCUT2D eigenvalue weighted by Crippen LogP contribution is -2.44. The third-order valence-electron chi connectivity index (χ3n) is 5.91. The third-order valence-corrected chi connectivity index (χ3v) is 5.91. The van der Waals surface area contributed by atoms with Crippen molar-refractivity contribution in [3.05, 3.63) is 71.0 Å². The maximum absolute atomic E-state index is 13.0. The molecule has 0 saturated carbocycles. The number of benzene rings is 2. The van der Waals surface area contributed by atoms with E-state index in [1.54, 1.807) is 12.1 Å². The SMILES string of the molecule is Cl.O=C(CN1CCC(CN2CCc3ccccc3C2=O)CC1)c1ccc(F)cc1. The maximum atomic E-state index is 13.0. The fraction of sp³-hybridized carbons (Fsp3) is 0.391. The first-order valence-electron chi connectivity index (χ1n) is 9.98. The Bertz CT molecular complexity index is 863. The first-order chi connectivity index (χ1) is 13.6. The molecule has 0 radical (unpaired) electrons. The van der Waals surface area contributed by atoms with Crippen LogP contribution in [0.1, 0.15) is 39.1 Å². The van der Waals surface area contributed by atoms with Crippen LogP contribution in [0.5, 0.6) is 0 Å². The zero-order chi connectivity index (χ0) is 19.5. The molecule has 0 aromatic heterocycles. The topological polar surface area (TPSA) is 40.6 Å². The summed E-state index contributed by atoms with van der Waals surface area (Å²) >= 11 is 0. The van der Waals surface area contributed by atoms with E-state index in [-0.39, 0.29) is 29.9 Å². The molecule has 0 unspecified atom stereocenters. The minimum atomic E-state index is -0.327. The molecule has 0 atom stereocenters. The molecule has 0 bridgehead atoms. The number of fused-ring (bicyclic) bond motifs is 1. The minimum absolute atomic E-state index is 0. The van der Waals surface area contributed by atoms with Crippen molar-refractivity contribution in [2.45, 2.75) is 19.3 Å². The summed E-state index contributed by atoms with van der Waals surface area (Å²) in [5.74, 6) is 0.329. The second-order valence-corrected chi connectivity index (χ2v) is 7.81. The number of carbonyl (C=O) groups excluding carboxylic acids is 2. The van der Waals surface area contributed by atoms with Gasteiger partial charge in [0.05, 0.1) is 6.54 Å². The molecule has 29 heavy (non-hydrogen) atoms. The van der Waals surface area contributed by atoms with Crippen molar-refractivity contribution >= 4 is 24.1 Å². The molecular formula is C23H26ClFN2O2. The Balaban J connectivity index is 0.00000240. The van der Waals surface area contributed by atoms with Crippen LogP contribution in [-0.4, -0.2) is 54.2 Å². The molecule has 4 rings (SSSR count). The van der Waals surface area contributed by atoms with Gasteiger partial charge >= 0.3 is 0 Å². The van der Waals surface area contributed by atoms with Gasteiger partial charge in [-0.25, -0.2) is 4.39 Å². The fourth-order valence-corrected chi connectivity index (χ4v) is 4.22. The van der Waals surface area contributed by atoms with Crippen LogP contribution in [-0.2, 0) is 6.42 Å². The fourth-order valence-electron chi connectivity index (χ4n) is 4.22. The van der Waals surface area contributed by atoms with Gasteiger partial charge in [0.25, 0.3) is 5.91 Å². The van der Waals surface area contributed by atoms with Crippen molar-refractivity contribution in [2.75, 3.05) is 32.7 Å². The number of halogens is 2. The van der Waals surface area contributed by atoms with Crippen LogP contribution < -0.4 is 0 Å². The highest BCUT2D eigenvalue weighted by Crippen LogP contribution is 2.23. The number of likely N-dealkylation sites (tertiary alicyclic amines) is 1. The molecule has 2 aliphatic rings. The molecule has 0 spiro atoms. The average molecular weight is 417 g/mol. The number of amides is 1. The van der Waals surface area contributed by atoms with Gasteiger partial charge in [-0.1, -0.05) is 18.2 Å². The van der Waals surface area contributed by atoms with E-state index in [0.29, 0.717) is 18.0 Å². The van der Waals surface area contributed by atoms with Gasteiger partial charge in [0.1, 0.15) is 5.82 Å². The van der Waals surface area contributed by atoms with Gasteiger partial charge in [-0.15, -0.1) is 12.4 Å². The molecule has 1 amide bonds. The summed E-state index contributed by atoms with van der Waals surface area (Å²) in [6.07, 6.45) is 2.90. The molecule has 6 heteroatoms. The Kier molecular flexibility index (Phi) is 7.04. The molecule has 2 aromatic rings. The molecule has 2 aliphatic heterocycles. The van der Waals surface area contributed by atoms with Gasteiger partial charge in [-0.3, -0.25) is 14.5 Å². The minimum Gasteiger partial charge on any atom is -0.338 e. The molecule has 1 saturated heterocycles. The normalized spacial score (nSPS) is 17.6. The van der Waals surface area contributed by atoms with Gasteiger partial charge in [0.15, 0.2) is 5.78 Å². The number of carbonyl (C=O) groups is 2. The standard InChI is InChI=1S/C23H25FN2O2.ClH/c24-20-7-5-19(6-8-20)22(27)16-25-12-9-17(10-13-25)15-26-14-11-18-3-1-2-4-21(18)23(26)28;/h1-8,17H,9-16H2;1H. The number of hydrogen-bond acceptors (Lipinski definition) is 3. The third kappa shape index (κ3) is 5.03. The Morgan fingerprint density at radius 1 is 1.00 bits per heavy atom. The van der Waals surface area contributed by atoms with Crippen LogP contribution in [0.3, 0.4) is 0 Å². The zero-order valence-corrected chi connectivity index (χ0v) is 17.2. The first-order valence-corrected chi connectivity index (χ1v) is 9.98. The molecule has 1 fully saturated rings. The zero-order valence-electron chi connectivity index (χ0n) is 16.4. The molecule has 2 heterocycles. The Hall–Kier alpha value is -2.24. The lowest BCUT2D eigenvalue weighted by Gasteiger charge is -2.36. The Labute approximate surface area is 177 Å². The van der Waals surface area contributed by atoms with Gasteiger partial charge in [-0.05, 0) is 74.2 Å². The average Bonchev–Trinajstić information content (AvgIpc) is 2.72. The van der Waals surface area contributed by atoms with Crippen LogP contribution in [0, 0.1) is 11.7 Å². The van der Waals surface area contributed by atoms with Crippen LogP contribution >= 0.6 is 12.4 Å². The second kappa shape index (κ2) is 9.51. The summed E-state index contributed by atoms with van der Waals surface area (Å²) in [5, 5.41) is 0. The van der Waals surface area contributed by atoms with Crippen LogP contribution in [0.15, 0.2) is 48.5 Å². The van der Waals surface area contributed by atoms with Crippen molar-refractivity contribution in [1.29, 1.82) is 0 Å². The van der Waals surface area contributed by atoms with Crippen LogP contribution in [0.25, 0.3) is 0 Å². The van der Waals surface area contributed by atoms with E-state index in [4.69, 9.17) is 0 Å². The largest absolute Gasteiger partial charge is 0.338 e. The lowest BCUT2D eigenvalue weighted by atomic mass is 9.93. The number of piperidine rings is 1. The monoisotopic (exact) mass is 416 g/mol. The van der Waals surface area contributed by atoms with E-state index < -0.39 is 0 Å². The molecular weight excluding hydrogens is 391 g/mol. The molecule has 0 N–H and O–H groups in total. The highest BCUT2D eigenvalue weighted by atomic mass is 35.5. The molecule has 2 aromatic carbocycles. The van der Waals surface area contributed by atoms with Crippen molar-refractivity contribution in [3.63, 3.8) is 0 Å². The van der Waals surface area contributed by atoms with Gasteiger partial charge in [-0.2, -0.15) is 0 Å². The smallest absolute Gasteiger partial charge is 0.254 e. The van der Waals surface area contributed by atoms with Crippen molar-refractivity contribution in [1.82, 2.24) is 9.80 Å². The first kappa shape index (κ1) is 21.5. The Morgan fingerprint density at radius 3 is 2.41 bits per heavy atom. The van der Waals surface area contributed by atoms with Crippen molar-refractivity contribution < 1.29 is 14.0 Å².